The summed E-state index contributed by atoms with van der Waals surface area (Å²) in [7, 11) is 0. The van der Waals surface area contributed by atoms with Crippen LogP contribution in [0, 0.1) is 0 Å². The lowest BCUT2D eigenvalue weighted by Crippen LogP contribution is -2.50. The van der Waals surface area contributed by atoms with Crippen LogP contribution in [0.1, 0.15) is 36.0 Å². The van der Waals surface area contributed by atoms with Crippen molar-refractivity contribution in [3.05, 3.63) is 28.2 Å². The van der Waals surface area contributed by atoms with E-state index in [1.165, 1.54) is 25.7 Å². The monoisotopic (exact) mass is 352 g/mol. The third-order valence-electron chi connectivity index (χ3n) is 4.70. The highest BCUT2D eigenvalue weighted by molar-refractivity contribution is 9.10. The summed E-state index contributed by atoms with van der Waals surface area (Å²) in [6.07, 6.45) is 5.38. The second-order valence-corrected chi connectivity index (χ2v) is 6.75. The summed E-state index contributed by atoms with van der Waals surface area (Å²) in [5, 5.41) is 9.43. The van der Waals surface area contributed by atoms with Crippen LogP contribution in [0.5, 0.6) is 0 Å². The van der Waals surface area contributed by atoms with Crippen LogP contribution < -0.4 is 4.90 Å². The summed E-state index contributed by atoms with van der Waals surface area (Å²) in [6.45, 7) is 3.90. The van der Waals surface area contributed by atoms with Gasteiger partial charge in [-0.05, 0) is 40.9 Å². The van der Waals surface area contributed by atoms with Gasteiger partial charge in [-0.15, -0.1) is 0 Å². The van der Waals surface area contributed by atoms with Gasteiger partial charge >= 0.3 is 5.97 Å². The predicted molar refractivity (Wildman–Crippen MR) is 87.1 cm³/mol. The van der Waals surface area contributed by atoms with Crippen LogP contribution in [0.4, 0.5) is 5.69 Å². The van der Waals surface area contributed by atoms with Gasteiger partial charge in [0, 0.05) is 36.7 Å². The van der Waals surface area contributed by atoms with Crippen molar-refractivity contribution in [2.24, 2.45) is 0 Å². The van der Waals surface area contributed by atoms with Crippen molar-refractivity contribution >= 4 is 27.6 Å². The molecule has 0 radical (unpaired) electrons. The van der Waals surface area contributed by atoms with Crippen molar-refractivity contribution < 1.29 is 9.90 Å². The van der Waals surface area contributed by atoms with Gasteiger partial charge in [-0.1, -0.05) is 18.9 Å². The molecule has 2 aliphatic rings. The van der Waals surface area contributed by atoms with Gasteiger partial charge in [-0.3, -0.25) is 4.90 Å². The Bertz CT molecular complexity index is 521. The van der Waals surface area contributed by atoms with E-state index in [-0.39, 0.29) is 0 Å². The molecule has 1 aromatic carbocycles. The first-order chi connectivity index (χ1) is 10.2. The molecule has 0 amide bonds. The molecule has 1 aromatic rings. The molecule has 1 aliphatic carbocycles. The SMILES string of the molecule is O=C(O)c1c(Br)cccc1N1CCN(C2CCCC2)CC1. The Morgan fingerprint density at radius 1 is 1.14 bits per heavy atom. The molecule has 1 aliphatic heterocycles. The minimum absolute atomic E-state index is 0.381. The van der Waals surface area contributed by atoms with Gasteiger partial charge in [0.25, 0.3) is 0 Å². The predicted octanol–water partition coefficient (Wildman–Crippen LogP) is 3.21. The number of benzene rings is 1. The highest BCUT2D eigenvalue weighted by Gasteiger charge is 2.28. The van der Waals surface area contributed by atoms with E-state index in [0.717, 1.165) is 37.9 Å². The number of rotatable bonds is 3. The van der Waals surface area contributed by atoms with Gasteiger partial charge < -0.3 is 10.0 Å². The third-order valence-corrected chi connectivity index (χ3v) is 5.36. The van der Waals surface area contributed by atoms with E-state index in [9.17, 15) is 9.90 Å². The number of hydrogen-bond acceptors (Lipinski definition) is 3. The van der Waals surface area contributed by atoms with Crippen molar-refractivity contribution in [1.29, 1.82) is 0 Å². The molecule has 21 heavy (non-hydrogen) atoms. The Morgan fingerprint density at radius 3 is 2.43 bits per heavy atom. The van der Waals surface area contributed by atoms with Crippen molar-refractivity contribution in [2.75, 3.05) is 31.1 Å². The zero-order valence-corrected chi connectivity index (χ0v) is 13.7. The number of carboxylic acids is 1. The van der Waals surface area contributed by atoms with E-state index in [1.807, 2.05) is 12.1 Å². The Kier molecular flexibility index (Phi) is 4.50. The fraction of sp³-hybridized carbons (Fsp3) is 0.562. The molecule has 3 rings (SSSR count). The summed E-state index contributed by atoms with van der Waals surface area (Å²) in [4.78, 5) is 16.3. The molecule has 0 atom stereocenters. The molecular weight excluding hydrogens is 332 g/mol. The molecule has 114 valence electrons. The summed E-state index contributed by atoms with van der Waals surface area (Å²) in [6, 6.07) is 6.38. The van der Waals surface area contributed by atoms with Gasteiger partial charge in [0.2, 0.25) is 0 Å². The van der Waals surface area contributed by atoms with Crippen LogP contribution >= 0.6 is 15.9 Å². The summed E-state index contributed by atoms with van der Waals surface area (Å²) < 4.78 is 0.658. The zero-order chi connectivity index (χ0) is 14.8. The van der Waals surface area contributed by atoms with Crippen molar-refractivity contribution in [3.8, 4) is 0 Å². The first-order valence-corrected chi connectivity index (χ1v) is 8.47. The average molecular weight is 353 g/mol. The summed E-state index contributed by atoms with van der Waals surface area (Å²) in [5.74, 6) is -0.865. The van der Waals surface area contributed by atoms with E-state index in [2.05, 4.69) is 25.7 Å². The number of nitrogens with zero attached hydrogens (tertiary/aromatic N) is 2. The largest absolute Gasteiger partial charge is 0.478 e. The Morgan fingerprint density at radius 2 is 1.81 bits per heavy atom. The standard InChI is InChI=1S/C16H21BrN2O2/c17-13-6-3-7-14(15(13)16(20)21)19-10-8-18(9-11-19)12-4-1-2-5-12/h3,6-7,12H,1-2,4-5,8-11H2,(H,20,21). The van der Waals surface area contributed by atoms with Gasteiger partial charge in [0.1, 0.15) is 0 Å². The molecule has 0 aromatic heterocycles. The molecule has 5 heteroatoms. The third kappa shape index (κ3) is 3.09. The van der Waals surface area contributed by atoms with Gasteiger partial charge in [0.15, 0.2) is 0 Å². The maximum absolute atomic E-state index is 11.5. The lowest BCUT2D eigenvalue weighted by molar-refractivity contribution is 0.0696. The van der Waals surface area contributed by atoms with Crippen LogP contribution in [0.2, 0.25) is 0 Å². The van der Waals surface area contributed by atoms with Crippen LogP contribution in [-0.4, -0.2) is 48.2 Å². The van der Waals surface area contributed by atoms with E-state index < -0.39 is 5.97 Å². The second-order valence-electron chi connectivity index (χ2n) is 5.90. The molecule has 2 fully saturated rings. The molecule has 4 nitrogen and oxygen atoms in total. The summed E-state index contributed by atoms with van der Waals surface area (Å²) in [5.41, 5.74) is 1.22. The van der Waals surface area contributed by atoms with E-state index in [1.54, 1.807) is 6.07 Å². The molecule has 0 spiro atoms. The van der Waals surface area contributed by atoms with Gasteiger partial charge in [0.05, 0.1) is 11.3 Å². The number of hydrogen-bond donors (Lipinski definition) is 1. The molecule has 1 N–H and O–H groups in total. The maximum atomic E-state index is 11.5. The first kappa shape index (κ1) is 14.9. The number of anilines is 1. The maximum Gasteiger partial charge on any atom is 0.338 e. The topological polar surface area (TPSA) is 43.8 Å². The molecule has 0 unspecified atom stereocenters. The van der Waals surface area contributed by atoms with Crippen LogP contribution in [0.15, 0.2) is 22.7 Å². The van der Waals surface area contributed by atoms with Crippen molar-refractivity contribution in [3.63, 3.8) is 0 Å². The van der Waals surface area contributed by atoms with Crippen molar-refractivity contribution in [1.82, 2.24) is 4.90 Å². The first-order valence-electron chi connectivity index (χ1n) is 7.67. The minimum atomic E-state index is -0.865. The Hall–Kier alpha value is -1.07. The lowest BCUT2D eigenvalue weighted by atomic mass is 10.1. The highest BCUT2D eigenvalue weighted by Crippen LogP contribution is 2.30. The molecule has 1 saturated carbocycles. The molecule has 0 bridgehead atoms. The number of halogens is 1. The fourth-order valence-corrected chi connectivity index (χ4v) is 4.11. The average Bonchev–Trinajstić information content (AvgIpc) is 3.01. The molecule has 1 heterocycles. The van der Waals surface area contributed by atoms with Crippen LogP contribution in [0.25, 0.3) is 0 Å². The molecule has 1 saturated heterocycles. The van der Waals surface area contributed by atoms with Gasteiger partial charge in [-0.25, -0.2) is 4.79 Å². The normalized spacial score (nSPS) is 20.9. The van der Waals surface area contributed by atoms with Crippen LogP contribution in [-0.2, 0) is 0 Å². The van der Waals surface area contributed by atoms with Crippen molar-refractivity contribution in [2.45, 2.75) is 31.7 Å². The quantitative estimate of drug-likeness (QED) is 0.906. The van der Waals surface area contributed by atoms with E-state index >= 15 is 0 Å². The Labute approximate surface area is 133 Å². The number of carboxylic acid groups (broad SMARTS) is 1. The Balaban J connectivity index is 1.72. The van der Waals surface area contributed by atoms with E-state index in [0.29, 0.717) is 10.0 Å². The molecular formula is C16H21BrN2O2. The summed E-state index contributed by atoms with van der Waals surface area (Å²) >= 11 is 3.36. The van der Waals surface area contributed by atoms with E-state index in [4.69, 9.17) is 0 Å². The number of aromatic carboxylic acids is 1. The van der Waals surface area contributed by atoms with Crippen LogP contribution in [0.3, 0.4) is 0 Å². The lowest BCUT2D eigenvalue weighted by Gasteiger charge is -2.39. The van der Waals surface area contributed by atoms with Gasteiger partial charge in [-0.2, -0.15) is 0 Å². The highest BCUT2D eigenvalue weighted by atomic mass is 79.9. The second kappa shape index (κ2) is 6.36. The zero-order valence-electron chi connectivity index (χ0n) is 12.1. The smallest absolute Gasteiger partial charge is 0.338 e. The number of carbonyl (C=O) groups is 1. The number of piperazine rings is 1. The minimum Gasteiger partial charge on any atom is -0.478 e. The fourth-order valence-electron chi connectivity index (χ4n) is 3.59.